The zero-order chi connectivity index (χ0) is 17.7. The largest absolute Gasteiger partial charge is 0.366 e. The molecule has 4 rings (SSSR count). The molecule has 0 amide bonds. The molecule has 1 unspecified atom stereocenters. The third-order valence-electron chi connectivity index (χ3n) is 4.91. The highest BCUT2D eigenvalue weighted by atomic mass is 32.2. The number of aliphatic imine (C=N–C) groups is 1. The zero-order valence-corrected chi connectivity index (χ0v) is 14.8. The first-order valence-electron chi connectivity index (χ1n) is 8.33. The van der Waals surface area contributed by atoms with Crippen LogP contribution in [0.3, 0.4) is 0 Å². The summed E-state index contributed by atoms with van der Waals surface area (Å²) in [6, 6.07) is 14.6. The summed E-state index contributed by atoms with van der Waals surface area (Å²) in [5.41, 5.74) is 1.58. The highest BCUT2D eigenvalue weighted by Crippen LogP contribution is 2.41. The van der Waals surface area contributed by atoms with Crippen molar-refractivity contribution >= 4 is 15.7 Å². The molecule has 2 aliphatic rings. The Bertz CT molecular complexity index is 951. The van der Waals surface area contributed by atoms with Gasteiger partial charge in [-0.2, -0.15) is 0 Å². The number of sulfone groups is 1. The average molecular weight is 356 g/mol. The van der Waals surface area contributed by atoms with Crippen molar-refractivity contribution in [1.29, 1.82) is 0 Å². The van der Waals surface area contributed by atoms with E-state index in [2.05, 4.69) is 4.99 Å². The van der Waals surface area contributed by atoms with Crippen molar-refractivity contribution in [2.45, 2.75) is 23.5 Å². The number of amidine groups is 1. The number of hydrogen-bond donors (Lipinski definition) is 1. The maximum Gasteiger partial charge on any atom is 0.175 e. The molecule has 2 aromatic rings. The Kier molecular flexibility index (Phi) is 3.70. The molecule has 0 aromatic heterocycles. The molecule has 1 N–H and O–H groups in total. The third-order valence-corrected chi connectivity index (χ3v) is 6.03. The van der Waals surface area contributed by atoms with Crippen LogP contribution in [-0.2, 0) is 22.0 Å². The minimum atomic E-state index is -3.22. The average Bonchev–Trinajstić information content (AvgIpc) is 2.85. The summed E-state index contributed by atoms with van der Waals surface area (Å²) in [6.07, 6.45) is 2.49. The topological polar surface area (TPSA) is 70.0 Å². The van der Waals surface area contributed by atoms with Gasteiger partial charge in [0.1, 0.15) is 5.84 Å². The lowest BCUT2D eigenvalue weighted by molar-refractivity contribution is -0.0704. The maximum atomic E-state index is 11.6. The predicted octanol–water partition coefficient (Wildman–Crippen LogP) is 1.94. The highest BCUT2D eigenvalue weighted by molar-refractivity contribution is 7.90. The van der Waals surface area contributed by atoms with Gasteiger partial charge in [-0.05, 0) is 24.1 Å². The van der Waals surface area contributed by atoms with Crippen LogP contribution in [0.5, 0.6) is 0 Å². The lowest BCUT2D eigenvalue weighted by Gasteiger charge is -2.37. The van der Waals surface area contributed by atoms with E-state index in [4.69, 9.17) is 0 Å². The molecule has 25 heavy (non-hydrogen) atoms. The van der Waals surface area contributed by atoms with Gasteiger partial charge < -0.3 is 10.0 Å². The fourth-order valence-corrected chi connectivity index (χ4v) is 4.33. The lowest BCUT2D eigenvalue weighted by atomic mass is 9.94. The number of nitrogens with zero attached hydrogens (tertiary/aromatic N) is 2. The van der Waals surface area contributed by atoms with Gasteiger partial charge in [0.05, 0.1) is 4.90 Å². The number of rotatable bonds is 3. The van der Waals surface area contributed by atoms with Crippen molar-refractivity contribution in [3.05, 3.63) is 65.2 Å². The Hall–Kier alpha value is -2.18. The molecule has 2 aliphatic heterocycles. The van der Waals surface area contributed by atoms with Gasteiger partial charge in [-0.25, -0.2) is 8.42 Å². The van der Waals surface area contributed by atoms with Crippen molar-refractivity contribution in [1.82, 2.24) is 4.90 Å². The summed E-state index contributed by atoms with van der Waals surface area (Å²) in [5.74, 6) is 0.858. The quantitative estimate of drug-likeness (QED) is 0.912. The van der Waals surface area contributed by atoms with E-state index in [-0.39, 0.29) is 4.90 Å². The maximum absolute atomic E-state index is 11.6. The van der Waals surface area contributed by atoms with Gasteiger partial charge in [0.2, 0.25) is 0 Å². The molecule has 0 saturated heterocycles. The SMILES string of the molecule is CS(=O)(=O)c1ccc(CC2(O)c3ccccc3C3=NCCCN32)cc1. The predicted molar refractivity (Wildman–Crippen MR) is 96.3 cm³/mol. The van der Waals surface area contributed by atoms with E-state index < -0.39 is 15.6 Å². The van der Waals surface area contributed by atoms with Gasteiger partial charge in [-0.1, -0.05) is 36.4 Å². The summed E-state index contributed by atoms with van der Waals surface area (Å²) >= 11 is 0. The van der Waals surface area contributed by atoms with E-state index in [1.807, 2.05) is 29.2 Å². The number of aliphatic hydroxyl groups is 1. The minimum absolute atomic E-state index is 0.287. The van der Waals surface area contributed by atoms with Crippen LogP contribution in [0.4, 0.5) is 0 Å². The van der Waals surface area contributed by atoms with Crippen molar-refractivity contribution in [3.63, 3.8) is 0 Å². The van der Waals surface area contributed by atoms with E-state index in [0.29, 0.717) is 6.42 Å². The number of fused-ring (bicyclic) bond motifs is 3. The van der Waals surface area contributed by atoms with Crippen LogP contribution in [0.15, 0.2) is 58.4 Å². The standard InChI is InChI=1S/C19H20N2O3S/c1-25(23,24)15-9-7-14(8-10-15)13-19(22)17-6-3-2-5-16(17)18-20-11-4-12-21(18)19/h2-3,5-10,22H,4,11-13H2,1H3. The van der Waals surface area contributed by atoms with Crippen LogP contribution in [0.25, 0.3) is 0 Å². The van der Waals surface area contributed by atoms with Crippen molar-refractivity contribution in [3.8, 4) is 0 Å². The molecule has 0 radical (unpaired) electrons. The molecule has 1 atom stereocenters. The van der Waals surface area contributed by atoms with Crippen LogP contribution in [0, 0.1) is 0 Å². The van der Waals surface area contributed by atoms with Gasteiger partial charge in [0.15, 0.2) is 15.6 Å². The first-order chi connectivity index (χ1) is 11.9. The second-order valence-corrected chi connectivity index (χ2v) is 8.68. The summed E-state index contributed by atoms with van der Waals surface area (Å²) in [6.45, 7) is 1.53. The molecule has 2 aromatic carbocycles. The molecule has 6 heteroatoms. The van der Waals surface area contributed by atoms with Gasteiger partial charge in [0, 0.05) is 36.9 Å². The minimum Gasteiger partial charge on any atom is -0.366 e. The normalized spacial score (nSPS) is 22.3. The number of hydrogen-bond acceptors (Lipinski definition) is 5. The monoisotopic (exact) mass is 356 g/mol. The Morgan fingerprint density at radius 2 is 1.88 bits per heavy atom. The Morgan fingerprint density at radius 1 is 1.16 bits per heavy atom. The molecule has 0 bridgehead atoms. The second-order valence-electron chi connectivity index (χ2n) is 6.67. The molecule has 130 valence electrons. The van der Waals surface area contributed by atoms with Crippen molar-refractivity contribution < 1.29 is 13.5 Å². The molecule has 0 saturated carbocycles. The van der Waals surface area contributed by atoms with Crippen LogP contribution in [-0.4, -0.2) is 43.6 Å². The van der Waals surface area contributed by atoms with Crippen LogP contribution in [0.1, 0.15) is 23.1 Å². The van der Waals surface area contributed by atoms with Gasteiger partial charge >= 0.3 is 0 Å². The smallest absolute Gasteiger partial charge is 0.175 e. The van der Waals surface area contributed by atoms with E-state index in [1.54, 1.807) is 24.3 Å². The first kappa shape index (κ1) is 16.3. The zero-order valence-electron chi connectivity index (χ0n) is 14.0. The van der Waals surface area contributed by atoms with E-state index in [0.717, 1.165) is 42.0 Å². The Morgan fingerprint density at radius 3 is 2.60 bits per heavy atom. The van der Waals surface area contributed by atoms with Crippen molar-refractivity contribution in [2.75, 3.05) is 19.3 Å². The van der Waals surface area contributed by atoms with Crippen LogP contribution in [0.2, 0.25) is 0 Å². The highest BCUT2D eigenvalue weighted by Gasteiger charge is 2.47. The summed E-state index contributed by atoms with van der Waals surface area (Å²) < 4.78 is 23.3. The van der Waals surface area contributed by atoms with Gasteiger partial charge in [0.25, 0.3) is 0 Å². The van der Waals surface area contributed by atoms with Crippen molar-refractivity contribution in [2.24, 2.45) is 4.99 Å². The second kappa shape index (κ2) is 5.68. The number of benzene rings is 2. The molecule has 0 spiro atoms. The van der Waals surface area contributed by atoms with Crippen LogP contribution >= 0.6 is 0 Å². The molecule has 5 nitrogen and oxygen atoms in total. The van der Waals surface area contributed by atoms with E-state index in [9.17, 15) is 13.5 Å². The van der Waals surface area contributed by atoms with Crippen LogP contribution < -0.4 is 0 Å². The Labute approximate surface area is 147 Å². The first-order valence-corrected chi connectivity index (χ1v) is 10.2. The fourth-order valence-electron chi connectivity index (χ4n) is 3.70. The molecule has 2 heterocycles. The molecular formula is C19H20N2O3S. The summed E-state index contributed by atoms with van der Waals surface area (Å²) in [5, 5.41) is 11.5. The van der Waals surface area contributed by atoms with Gasteiger partial charge in [-0.15, -0.1) is 0 Å². The summed E-state index contributed by atoms with van der Waals surface area (Å²) in [4.78, 5) is 6.88. The van der Waals surface area contributed by atoms with E-state index >= 15 is 0 Å². The van der Waals surface area contributed by atoms with Gasteiger partial charge in [-0.3, -0.25) is 4.99 Å². The van der Waals surface area contributed by atoms with E-state index in [1.165, 1.54) is 6.26 Å². The lowest BCUT2D eigenvalue weighted by Crippen LogP contribution is -2.47. The molecular weight excluding hydrogens is 336 g/mol. The fraction of sp³-hybridized carbons (Fsp3) is 0.316. The third kappa shape index (κ3) is 2.65. The molecule has 0 aliphatic carbocycles. The summed E-state index contributed by atoms with van der Waals surface area (Å²) in [7, 11) is -3.22. The molecule has 0 fully saturated rings. The Balaban J connectivity index is 1.74.